The summed E-state index contributed by atoms with van der Waals surface area (Å²) in [6.45, 7) is 2.04. The van der Waals surface area contributed by atoms with Crippen molar-refractivity contribution in [3.05, 3.63) is 40.4 Å². The van der Waals surface area contributed by atoms with E-state index in [4.69, 9.17) is 0 Å². The van der Waals surface area contributed by atoms with Gasteiger partial charge in [0.05, 0.1) is 5.69 Å². The van der Waals surface area contributed by atoms with Crippen molar-refractivity contribution in [2.24, 2.45) is 0 Å². The van der Waals surface area contributed by atoms with Crippen molar-refractivity contribution in [2.45, 2.75) is 25.7 Å². The fourth-order valence-corrected chi connectivity index (χ4v) is 3.10. The number of aromatic nitrogens is 1. The highest BCUT2D eigenvalue weighted by molar-refractivity contribution is 7.17. The Labute approximate surface area is 121 Å². The number of carboxylic acid groups (broad SMARTS) is 1. The van der Waals surface area contributed by atoms with E-state index in [1.165, 1.54) is 16.9 Å². The van der Waals surface area contributed by atoms with Gasteiger partial charge in [-0.3, -0.25) is 0 Å². The molecular weight excluding hydrogens is 272 g/mol. The zero-order valence-corrected chi connectivity index (χ0v) is 12.3. The molecule has 0 radical (unpaired) electrons. The zero-order chi connectivity index (χ0) is 14.3. The maximum atomic E-state index is 11.3. The molecule has 0 saturated heterocycles. The van der Waals surface area contributed by atoms with Crippen LogP contribution in [0.5, 0.6) is 0 Å². The van der Waals surface area contributed by atoms with Crippen molar-refractivity contribution in [2.75, 3.05) is 11.9 Å². The number of aryl methyl sites for hydroxylation is 1. The Morgan fingerprint density at radius 1 is 1.35 bits per heavy atom. The molecule has 0 amide bonds. The minimum absolute atomic E-state index is 0.345. The summed E-state index contributed by atoms with van der Waals surface area (Å²) < 4.78 is 0. The van der Waals surface area contributed by atoms with Gasteiger partial charge in [-0.15, -0.1) is 0 Å². The molecule has 0 bridgehead atoms. The molecule has 0 atom stereocenters. The third kappa shape index (κ3) is 2.41. The second-order valence-electron chi connectivity index (χ2n) is 5.18. The number of aromatic carboxylic acids is 1. The predicted molar refractivity (Wildman–Crippen MR) is 80.3 cm³/mol. The second-order valence-corrected chi connectivity index (χ2v) is 6.16. The summed E-state index contributed by atoms with van der Waals surface area (Å²) in [5, 5.41) is 10.0. The van der Waals surface area contributed by atoms with Crippen LogP contribution in [0.4, 0.5) is 10.8 Å². The van der Waals surface area contributed by atoms with Gasteiger partial charge < -0.3 is 10.0 Å². The van der Waals surface area contributed by atoms with E-state index in [0.717, 1.165) is 29.4 Å². The quantitative estimate of drug-likeness (QED) is 0.930. The van der Waals surface area contributed by atoms with Crippen LogP contribution in [-0.4, -0.2) is 23.1 Å². The Morgan fingerprint density at radius 3 is 2.55 bits per heavy atom. The van der Waals surface area contributed by atoms with Gasteiger partial charge in [0.1, 0.15) is 4.88 Å². The van der Waals surface area contributed by atoms with E-state index in [-0.39, 0.29) is 0 Å². The number of benzene rings is 1. The Bertz CT molecular complexity index is 644. The fraction of sp³-hybridized carbons (Fsp3) is 0.333. The van der Waals surface area contributed by atoms with Gasteiger partial charge >= 0.3 is 5.97 Å². The van der Waals surface area contributed by atoms with E-state index < -0.39 is 5.97 Å². The van der Waals surface area contributed by atoms with Crippen molar-refractivity contribution in [3.63, 3.8) is 0 Å². The molecule has 1 aromatic heterocycles. The number of hydrogen-bond acceptors (Lipinski definition) is 4. The number of carbonyl (C=O) groups is 1. The molecule has 1 aliphatic carbocycles. The molecule has 20 heavy (non-hydrogen) atoms. The number of thiazole rings is 1. The molecule has 1 fully saturated rings. The molecule has 0 unspecified atom stereocenters. The van der Waals surface area contributed by atoms with Gasteiger partial charge in [0, 0.05) is 18.7 Å². The Hall–Kier alpha value is -1.88. The normalized spacial score (nSPS) is 14.3. The summed E-state index contributed by atoms with van der Waals surface area (Å²) >= 11 is 1.26. The highest BCUT2D eigenvalue weighted by Gasteiger charge is 2.32. The Balaban J connectivity index is 1.95. The fourth-order valence-electron chi connectivity index (χ4n) is 2.13. The van der Waals surface area contributed by atoms with Crippen molar-refractivity contribution in [1.29, 1.82) is 0 Å². The van der Waals surface area contributed by atoms with Crippen molar-refractivity contribution < 1.29 is 9.90 Å². The molecule has 0 aliphatic heterocycles. The maximum Gasteiger partial charge on any atom is 0.347 e. The topological polar surface area (TPSA) is 53.4 Å². The molecule has 1 aromatic carbocycles. The van der Waals surface area contributed by atoms with E-state index in [2.05, 4.69) is 4.98 Å². The van der Waals surface area contributed by atoms with E-state index in [1.54, 1.807) is 0 Å². The van der Waals surface area contributed by atoms with Crippen LogP contribution in [0.25, 0.3) is 0 Å². The monoisotopic (exact) mass is 288 g/mol. The lowest BCUT2D eigenvalue weighted by Crippen LogP contribution is -2.08. The first-order valence-corrected chi connectivity index (χ1v) is 7.42. The van der Waals surface area contributed by atoms with E-state index >= 15 is 0 Å². The van der Waals surface area contributed by atoms with Gasteiger partial charge in [-0.1, -0.05) is 29.0 Å². The number of carboxylic acids is 1. The minimum Gasteiger partial charge on any atom is -0.477 e. The molecule has 3 rings (SSSR count). The standard InChI is InChI=1S/C15H16N2O2S/c1-9-3-7-11(8-4-9)17(2)15-16-12(10-5-6-10)13(20-15)14(18)19/h3-4,7-8,10H,5-6H2,1-2H3,(H,18,19). The first-order chi connectivity index (χ1) is 9.56. The smallest absolute Gasteiger partial charge is 0.347 e. The molecule has 1 saturated carbocycles. The second kappa shape index (κ2) is 4.90. The van der Waals surface area contributed by atoms with Crippen LogP contribution in [0.15, 0.2) is 24.3 Å². The van der Waals surface area contributed by atoms with E-state index in [9.17, 15) is 9.90 Å². The molecule has 1 N–H and O–H groups in total. The third-order valence-electron chi connectivity index (χ3n) is 3.51. The van der Waals surface area contributed by atoms with Gasteiger partial charge in [0.2, 0.25) is 0 Å². The van der Waals surface area contributed by atoms with Crippen LogP contribution in [-0.2, 0) is 0 Å². The Morgan fingerprint density at radius 2 is 2.00 bits per heavy atom. The number of anilines is 2. The molecule has 1 heterocycles. The van der Waals surface area contributed by atoms with Gasteiger partial charge in [0.25, 0.3) is 0 Å². The van der Waals surface area contributed by atoms with Gasteiger partial charge in [-0.25, -0.2) is 9.78 Å². The SMILES string of the molecule is Cc1ccc(N(C)c2nc(C3CC3)c(C(=O)O)s2)cc1. The molecule has 5 heteroatoms. The molecular formula is C15H16N2O2S. The number of hydrogen-bond donors (Lipinski definition) is 1. The van der Waals surface area contributed by atoms with Crippen LogP contribution in [0.1, 0.15) is 39.7 Å². The average Bonchev–Trinajstić information content (AvgIpc) is 3.17. The first-order valence-electron chi connectivity index (χ1n) is 6.60. The van der Waals surface area contributed by atoms with Crippen LogP contribution in [0.2, 0.25) is 0 Å². The summed E-state index contributed by atoms with van der Waals surface area (Å²) in [7, 11) is 1.92. The average molecular weight is 288 g/mol. The third-order valence-corrected chi connectivity index (χ3v) is 4.64. The zero-order valence-electron chi connectivity index (χ0n) is 11.5. The summed E-state index contributed by atoms with van der Waals surface area (Å²) in [5.41, 5.74) is 2.98. The predicted octanol–water partition coefficient (Wildman–Crippen LogP) is 3.80. The number of nitrogens with zero attached hydrogens (tertiary/aromatic N) is 2. The summed E-state index contributed by atoms with van der Waals surface area (Å²) in [5.74, 6) is -0.523. The van der Waals surface area contributed by atoms with Crippen LogP contribution < -0.4 is 4.90 Å². The minimum atomic E-state index is -0.868. The maximum absolute atomic E-state index is 11.3. The lowest BCUT2D eigenvalue weighted by molar-refractivity contribution is 0.0700. The molecule has 2 aromatic rings. The van der Waals surface area contributed by atoms with Crippen LogP contribution in [0, 0.1) is 6.92 Å². The lowest BCUT2D eigenvalue weighted by Gasteiger charge is -2.15. The lowest BCUT2D eigenvalue weighted by atomic mass is 10.2. The van der Waals surface area contributed by atoms with Gasteiger partial charge in [0.15, 0.2) is 5.13 Å². The van der Waals surface area contributed by atoms with E-state index in [1.807, 2.05) is 43.1 Å². The highest BCUT2D eigenvalue weighted by atomic mass is 32.1. The largest absolute Gasteiger partial charge is 0.477 e. The molecule has 1 aliphatic rings. The van der Waals surface area contributed by atoms with Gasteiger partial charge in [-0.05, 0) is 31.9 Å². The van der Waals surface area contributed by atoms with Gasteiger partial charge in [-0.2, -0.15) is 0 Å². The van der Waals surface area contributed by atoms with Crippen LogP contribution >= 0.6 is 11.3 Å². The summed E-state index contributed by atoms with van der Waals surface area (Å²) in [6.07, 6.45) is 2.11. The van der Waals surface area contributed by atoms with E-state index in [0.29, 0.717) is 10.8 Å². The molecule has 104 valence electrons. The highest BCUT2D eigenvalue weighted by Crippen LogP contribution is 2.44. The first kappa shape index (κ1) is 13.1. The Kier molecular flexibility index (Phi) is 3.22. The summed E-state index contributed by atoms with van der Waals surface area (Å²) in [4.78, 5) is 18.2. The van der Waals surface area contributed by atoms with Crippen LogP contribution in [0.3, 0.4) is 0 Å². The molecule has 4 nitrogen and oxygen atoms in total. The van der Waals surface area contributed by atoms with Crippen molar-refractivity contribution >= 4 is 28.1 Å². The van der Waals surface area contributed by atoms with Crippen molar-refractivity contribution in [3.8, 4) is 0 Å². The number of rotatable bonds is 4. The summed E-state index contributed by atoms with van der Waals surface area (Å²) in [6, 6.07) is 8.13. The van der Waals surface area contributed by atoms with Crippen molar-refractivity contribution in [1.82, 2.24) is 4.98 Å². The molecule has 0 spiro atoms.